The van der Waals surface area contributed by atoms with Gasteiger partial charge in [-0.05, 0) is 31.0 Å². The highest BCUT2D eigenvalue weighted by Crippen LogP contribution is 2.37. The second kappa shape index (κ2) is 9.67. The fraction of sp³-hybridized carbons (Fsp3) is 0.364. The summed E-state index contributed by atoms with van der Waals surface area (Å²) in [6.07, 6.45) is 3.42. The Bertz CT molecular complexity index is 1260. The minimum Gasteiger partial charge on any atom is -0.486 e. The first-order valence-corrected chi connectivity index (χ1v) is 12.2. The number of carbonyl (C=O) groups excluding carboxylic acids is 1. The molecular weight excluding hydrogens is 464 g/mol. The number of nitrogens with zero attached hydrogens (tertiary/aromatic N) is 3. The molecule has 180 valence electrons. The zero-order chi connectivity index (χ0) is 24.3. The molecule has 0 aliphatic carbocycles. The molecular formula is C22H24N4O7S. The topological polar surface area (TPSA) is 140 Å². The summed E-state index contributed by atoms with van der Waals surface area (Å²) in [7, 11) is -2.20. The SMILES string of the molecule is CN1CCCCC/C1=N/S(=O)(=O)c1cccc(NC(=O)c2cc3c(cc2[N+](=O)[O-])OCCO3)c1. The number of anilines is 1. The molecule has 0 atom stereocenters. The number of carbonyl (C=O) groups is 1. The summed E-state index contributed by atoms with van der Waals surface area (Å²) in [6.45, 7) is 1.24. The predicted molar refractivity (Wildman–Crippen MR) is 124 cm³/mol. The molecule has 0 unspecified atom stereocenters. The van der Waals surface area contributed by atoms with E-state index in [-0.39, 0.29) is 40.9 Å². The largest absolute Gasteiger partial charge is 0.486 e. The smallest absolute Gasteiger partial charge is 0.286 e. The van der Waals surface area contributed by atoms with Crippen molar-refractivity contribution in [2.45, 2.75) is 30.6 Å². The minimum atomic E-state index is -4.02. The van der Waals surface area contributed by atoms with Gasteiger partial charge in [0.1, 0.15) is 24.6 Å². The maximum atomic E-state index is 12.9. The molecule has 1 fully saturated rings. The van der Waals surface area contributed by atoms with Gasteiger partial charge in [0.05, 0.1) is 15.9 Å². The van der Waals surface area contributed by atoms with E-state index in [1.807, 2.05) is 11.9 Å². The van der Waals surface area contributed by atoms with Gasteiger partial charge in [-0.25, -0.2) is 0 Å². The number of hydrogen-bond acceptors (Lipinski definition) is 7. The molecule has 0 radical (unpaired) electrons. The van der Waals surface area contributed by atoms with Crippen molar-refractivity contribution < 1.29 is 27.6 Å². The number of sulfonamides is 1. The molecule has 12 heteroatoms. The van der Waals surface area contributed by atoms with Crippen LogP contribution in [-0.2, 0) is 10.0 Å². The summed E-state index contributed by atoms with van der Waals surface area (Å²) in [5.74, 6) is 0.124. The maximum absolute atomic E-state index is 12.9. The summed E-state index contributed by atoms with van der Waals surface area (Å²) in [5.41, 5.74) is -0.527. The van der Waals surface area contributed by atoms with Gasteiger partial charge in [-0.2, -0.15) is 8.42 Å². The second-order valence-electron chi connectivity index (χ2n) is 7.97. The van der Waals surface area contributed by atoms with Crippen LogP contribution in [0, 0.1) is 10.1 Å². The number of nitrogens with one attached hydrogen (secondary N) is 1. The van der Waals surface area contributed by atoms with E-state index in [2.05, 4.69) is 9.71 Å². The Balaban J connectivity index is 1.60. The average Bonchev–Trinajstić information content (AvgIpc) is 3.01. The van der Waals surface area contributed by atoms with E-state index in [0.29, 0.717) is 12.3 Å². The second-order valence-corrected chi connectivity index (χ2v) is 9.57. The van der Waals surface area contributed by atoms with Crippen LogP contribution in [0.5, 0.6) is 11.5 Å². The van der Waals surface area contributed by atoms with Crippen LogP contribution in [0.2, 0.25) is 0 Å². The van der Waals surface area contributed by atoms with Crippen LogP contribution in [0.15, 0.2) is 45.7 Å². The van der Waals surface area contributed by atoms with E-state index in [9.17, 15) is 23.3 Å². The Hall–Kier alpha value is -3.67. The highest BCUT2D eigenvalue weighted by molar-refractivity contribution is 7.90. The molecule has 0 bridgehead atoms. The summed E-state index contributed by atoms with van der Waals surface area (Å²) in [6, 6.07) is 8.01. The van der Waals surface area contributed by atoms with Gasteiger partial charge in [0.25, 0.3) is 21.6 Å². The van der Waals surface area contributed by atoms with E-state index in [1.165, 1.54) is 30.3 Å². The van der Waals surface area contributed by atoms with E-state index in [1.54, 1.807) is 0 Å². The molecule has 2 aliphatic heterocycles. The molecule has 2 heterocycles. The van der Waals surface area contributed by atoms with Crippen molar-refractivity contribution in [2.24, 2.45) is 4.40 Å². The number of amides is 1. The zero-order valence-corrected chi connectivity index (χ0v) is 19.3. The molecule has 0 saturated carbocycles. The number of ether oxygens (including phenoxy) is 2. The lowest BCUT2D eigenvalue weighted by molar-refractivity contribution is -0.385. The number of amidine groups is 1. The highest BCUT2D eigenvalue weighted by Gasteiger charge is 2.27. The number of hydrogen-bond donors (Lipinski definition) is 1. The molecule has 2 aliphatic rings. The fourth-order valence-electron chi connectivity index (χ4n) is 3.78. The fourth-order valence-corrected chi connectivity index (χ4v) is 4.92. The third-order valence-corrected chi connectivity index (χ3v) is 6.85. The monoisotopic (exact) mass is 488 g/mol. The lowest BCUT2D eigenvalue weighted by Crippen LogP contribution is -2.26. The minimum absolute atomic E-state index is 0.0906. The van der Waals surface area contributed by atoms with Crippen LogP contribution >= 0.6 is 0 Å². The average molecular weight is 489 g/mol. The van der Waals surface area contributed by atoms with Gasteiger partial charge in [0.15, 0.2) is 11.5 Å². The molecule has 2 aromatic carbocycles. The van der Waals surface area contributed by atoms with Gasteiger partial charge in [-0.3, -0.25) is 14.9 Å². The Morgan fingerprint density at radius 1 is 1.12 bits per heavy atom. The Morgan fingerprint density at radius 3 is 2.59 bits per heavy atom. The highest BCUT2D eigenvalue weighted by atomic mass is 32.2. The Kier molecular flexibility index (Phi) is 6.68. The molecule has 0 spiro atoms. The number of likely N-dealkylation sites (tertiary alicyclic amines) is 1. The van der Waals surface area contributed by atoms with Gasteiger partial charge >= 0.3 is 0 Å². The lowest BCUT2D eigenvalue weighted by atomic mass is 10.1. The number of benzene rings is 2. The summed E-state index contributed by atoms with van der Waals surface area (Å²) in [5, 5.41) is 14.1. The van der Waals surface area contributed by atoms with Crippen LogP contribution in [-0.4, -0.2) is 56.8 Å². The van der Waals surface area contributed by atoms with Gasteiger partial charge < -0.3 is 19.7 Å². The van der Waals surface area contributed by atoms with Crippen molar-refractivity contribution in [3.05, 3.63) is 52.1 Å². The van der Waals surface area contributed by atoms with Crippen LogP contribution in [0.4, 0.5) is 11.4 Å². The molecule has 34 heavy (non-hydrogen) atoms. The summed E-state index contributed by atoms with van der Waals surface area (Å²) < 4.78 is 40.7. The predicted octanol–water partition coefficient (Wildman–Crippen LogP) is 3.21. The molecule has 1 saturated heterocycles. The van der Waals surface area contributed by atoms with Crippen LogP contribution < -0.4 is 14.8 Å². The standard InChI is InChI=1S/C22H24N4O7S/c1-25-9-4-2-3-8-21(25)24-34(30,31)16-7-5-6-15(12-16)23-22(27)17-13-19-20(33-11-10-32-19)14-18(17)26(28)29/h5-7,12-14H,2-4,8-11H2,1H3,(H,23,27)/b24-21-. The van der Waals surface area contributed by atoms with Crippen molar-refractivity contribution in [2.75, 3.05) is 32.1 Å². The normalized spacial score (nSPS) is 17.2. The third-order valence-electron chi connectivity index (χ3n) is 5.55. The van der Waals surface area contributed by atoms with E-state index in [0.717, 1.165) is 31.9 Å². The Morgan fingerprint density at radius 2 is 1.85 bits per heavy atom. The van der Waals surface area contributed by atoms with Crippen LogP contribution in [0.25, 0.3) is 0 Å². The first-order chi connectivity index (χ1) is 16.2. The van der Waals surface area contributed by atoms with E-state index >= 15 is 0 Å². The molecule has 4 rings (SSSR count). The number of nitro benzene ring substituents is 1. The molecule has 11 nitrogen and oxygen atoms in total. The summed E-state index contributed by atoms with van der Waals surface area (Å²) in [4.78, 5) is 25.5. The molecule has 0 aromatic heterocycles. The summed E-state index contributed by atoms with van der Waals surface area (Å²) >= 11 is 0. The lowest BCUT2D eigenvalue weighted by Gasteiger charge is -2.19. The van der Waals surface area contributed by atoms with Crippen LogP contribution in [0.1, 0.15) is 36.0 Å². The van der Waals surface area contributed by atoms with Gasteiger partial charge in [-0.1, -0.05) is 12.5 Å². The number of rotatable bonds is 5. The van der Waals surface area contributed by atoms with Crippen molar-refractivity contribution in [3.8, 4) is 11.5 Å². The number of fused-ring (bicyclic) bond motifs is 1. The van der Waals surface area contributed by atoms with Gasteiger partial charge in [0.2, 0.25) is 0 Å². The quantitative estimate of drug-likeness (QED) is 0.500. The van der Waals surface area contributed by atoms with Crippen molar-refractivity contribution in [1.29, 1.82) is 0 Å². The maximum Gasteiger partial charge on any atom is 0.286 e. The van der Waals surface area contributed by atoms with Gasteiger partial charge in [-0.15, -0.1) is 4.40 Å². The van der Waals surface area contributed by atoms with Crippen molar-refractivity contribution in [3.63, 3.8) is 0 Å². The molecule has 2 aromatic rings. The molecule has 1 amide bonds. The third kappa shape index (κ3) is 5.11. The van der Waals surface area contributed by atoms with E-state index < -0.39 is 26.5 Å². The van der Waals surface area contributed by atoms with Gasteiger partial charge in [0, 0.05) is 31.8 Å². The number of nitro groups is 1. The zero-order valence-electron chi connectivity index (χ0n) is 18.5. The molecule has 1 N–H and O–H groups in total. The first-order valence-electron chi connectivity index (χ1n) is 10.8. The van der Waals surface area contributed by atoms with Crippen LogP contribution in [0.3, 0.4) is 0 Å². The Labute approximate surface area is 196 Å². The van der Waals surface area contributed by atoms with Crippen molar-refractivity contribution in [1.82, 2.24) is 4.90 Å². The first kappa shape index (κ1) is 23.5. The van der Waals surface area contributed by atoms with E-state index in [4.69, 9.17) is 9.47 Å². The van der Waals surface area contributed by atoms with Crippen molar-refractivity contribution >= 4 is 33.1 Å².